The number of rotatable bonds is 6. The Balaban J connectivity index is 2.19. The maximum Gasteiger partial charge on any atom is 0.269 e. The molecular weight excluding hydrogens is 343 g/mol. The first-order valence-electron chi connectivity index (χ1n) is 6.76. The Labute approximate surface area is 152 Å². The molecule has 2 aromatic carbocycles. The number of hydrogen-bond donors (Lipinski definition) is 0. The van der Waals surface area contributed by atoms with Crippen molar-refractivity contribution in [2.45, 2.75) is 15.5 Å². The summed E-state index contributed by atoms with van der Waals surface area (Å²) >= 11 is 0.631. The van der Waals surface area contributed by atoms with Crippen LogP contribution in [0.5, 0.6) is 0 Å². The predicted octanol–water partition coefficient (Wildman–Crippen LogP) is 2.08. The molecule has 8 radical (unpaired) electrons. The lowest BCUT2D eigenvalue weighted by Crippen LogP contribution is -2.55. The van der Waals surface area contributed by atoms with Crippen molar-refractivity contribution in [2.75, 3.05) is 0 Å². The van der Waals surface area contributed by atoms with Gasteiger partial charge in [0, 0.05) is 29.1 Å². The van der Waals surface area contributed by atoms with E-state index in [1.54, 1.807) is 0 Å². The van der Waals surface area contributed by atoms with Crippen molar-refractivity contribution in [3.05, 3.63) is 69.8 Å². The summed E-state index contributed by atoms with van der Waals surface area (Å²) in [4.78, 5) is 10.4. The third-order valence-corrected chi connectivity index (χ3v) is 4.17. The van der Waals surface area contributed by atoms with E-state index in [1.165, 1.54) is 24.3 Å². The Morgan fingerprint density at radius 3 is 2.20 bits per heavy atom. The largest absolute Gasteiger partial charge is 0.324 e. The zero-order chi connectivity index (χ0) is 18.8. The highest BCUT2D eigenvalue weighted by atomic mass is 32.2. The lowest BCUT2D eigenvalue weighted by molar-refractivity contribution is -0.384. The molecule has 0 fully saturated rings. The standard InChI is InChI=1S/C14H7B4F2NO3S/c15-13(16,11-7-8(19)1-6-12(11)20)14(17,18)24-25-10-4-2-9(3-5-10)21(22)23/h1-7H. The normalized spacial score (nSPS) is 12.1. The zero-order valence-electron chi connectivity index (χ0n) is 12.7. The minimum atomic E-state index is -2.30. The van der Waals surface area contributed by atoms with Gasteiger partial charge in [-0.1, -0.05) is 5.21 Å². The second kappa shape index (κ2) is 7.25. The molecule has 25 heavy (non-hydrogen) atoms. The summed E-state index contributed by atoms with van der Waals surface area (Å²) in [6.07, 6.45) is 0. The Bertz CT molecular complexity index is 790. The van der Waals surface area contributed by atoms with Gasteiger partial charge in [0.05, 0.1) is 20.6 Å². The van der Waals surface area contributed by atoms with Crippen LogP contribution in [0.15, 0.2) is 47.4 Å². The Hall–Kier alpha value is -1.73. The Morgan fingerprint density at radius 1 is 1.04 bits per heavy atom. The number of nitro groups is 1. The highest BCUT2D eigenvalue weighted by Crippen LogP contribution is 2.35. The number of hydrogen-bond acceptors (Lipinski definition) is 4. The van der Waals surface area contributed by atoms with Crippen LogP contribution >= 0.6 is 12.0 Å². The molecule has 0 aromatic heterocycles. The average Bonchev–Trinajstić information content (AvgIpc) is 2.55. The molecule has 2 rings (SSSR count). The summed E-state index contributed by atoms with van der Waals surface area (Å²) in [5.41, 5.74) is -0.591. The predicted molar refractivity (Wildman–Crippen MR) is 93.8 cm³/mol. The molecule has 0 aliphatic rings. The maximum atomic E-state index is 13.9. The number of benzene rings is 2. The fraction of sp³-hybridized carbons (Fsp3) is 0.143. The number of nitro benzene ring substituents is 1. The van der Waals surface area contributed by atoms with Gasteiger partial charge < -0.3 is 4.18 Å². The Morgan fingerprint density at radius 2 is 1.64 bits per heavy atom. The van der Waals surface area contributed by atoms with E-state index in [9.17, 15) is 18.9 Å². The molecule has 0 saturated heterocycles. The minimum absolute atomic E-state index is 0.120. The van der Waals surface area contributed by atoms with E-state index in [0.717, 1.165) is 18.2 Å². The third-order valence-electron chi connectivity index (χ3n) is 3.34. The van der Waals surface area contributed by atoms with Gasteiger partial charge in [-0.2, -0.15) is 0 Å². The van der Waals surface area contributed by atoms with Crippen LogP contribution in [-0.2, 0) is 9.40 Å². The smallest absolute Gasteiger partial charge is 0.269 e. The van der Waals surface area contributed by atoms with Crippen molar-refractivity contribution >= 4 is 49.1 Å². The molecule has 0 heterocycles. The van der Waals surface area contributed by atoms with Crippen LogP contribution in [0, 0.1) is 21.7 Å². The van der Waals surface area contributed by atoms with Crippen LogP contribution in [0.2, 0.25) is 0 Å². The summed E-state index contributed by atoms with van der Waals surface area (Å²) in [5, 5.41) is 6.04. The van der Waals surface area contributed by atoms with Gasteiger partial charge in [0.1, 0.15) is 27.3 Å². The number of nitrogens with zero attached hydrogens (tertiary/aromatic N) is 1. The molecule has 4 nitrogen and oxygen atoms in total. The van der Waals surface area contributed by atoms with Crippen molar-refractivity contribution in [1.82, 2.24) is 0 Å². The summed E-state index contributed by atoms with van der Waals surface area (Å²) < 4.78 is 32.5. The molecule has 0 amide bonds. The molecule has 0 saturated carbocycles. The van der Waals surface area contributed by atoms with Crippen LogP contribution in [0.4, 0.5) is 14.5 Å². The molecule has 0 unspecified atom stereocenters. The second-order valence-corrected chi connectivity index (χ2v) is 6.01. The van der Waals surface area contributed by atoms with E-state index < -0.39 is 32.7 Å². The van der Waals surface area contributed by atoms with Crippen molar-refractivity contribution in [2.24, 2.45) is 0 Å². The molecule has 0 N–H and O–H groups in total. The first kappa shape index (κ1) is 19.6. The van der Waals surface area contributed by atoms with E-state index in [-0.39, 0.29) is 5.69 Å². The van der Waals surface area contributed by atoms with Crippen LogP contribution < -0.4 is 0 Å². The van der Waals surface area contributed by atoms with E-state index >= 15 is 0 Å². The van der Waals surface area contributed by atoms with Crippen LogP contribution in [0.3, 0.4) is 0 Å². The molecular formula is C14H7B4F2NO3S. The van der Waals surface area contributed by atoms with Crippen molar-refractivity contribution in [3.63, 3.8) is 0 Å². The van der Waals surface area contributed by atoms with Gasteiger partial charge in [0.15, 0.2) is 0 Å². The lowest BCUT2D eigenvalue weighted by Gasteiger charge is -2.43. The summed E-state index contributed by atoms with van der Waals surface area (Å²) in [5.74, 6) is -1.69. The monoisotopic (exact) mass is 351 g/mol. The van der Waals surface area contributed by atoms with Gasteiger partial charge >= 0.3 is 0 Å². The second-order valence-electron chi connectivity index (χ2n) is 5.20. The van der Waals surface area contributed by atoms with Crippen LogP contribution in [0.25, 0.3) is 0 Å². The molecule has 0 aliphatic heterocycles. The van der Waals surface area contributed by atoms with Crippen LogP contribution in [0.1, 0.15) is 5.56 Å². The summed E-state index contributed by atoms with van der Waals surface area (Å²) in [6, 6.07) is 7.74. The fourth-order valence-corrected chi connectivity index (χ4v) is 2.45. The molecule has 2 aromatic rings. The first-order valence-corrected chi connectivity index (χ1v) is 7.50. The van der Waals surface area contributed by atoms with Gasteiger partial charge in [-0.3, -0.25) is 10.1 Å². The topological polar surface area (TPSA) is 52.4 Å². The van der Waals surface area contributed by atoms with Crippen molar-refractivity contribution in [1.29, 1.82) is 0 Å². The molecule has 0 aliphatic carbocycles. The average molecular weight is 351 g/mol. The number of halogens is 2. The summed E-state index contributed by atoms with van der Waals surface area (Å²) in [6.45, 7) is 0. The van der Waals surface area contributed by atoms with Crippen molar-refractivity contribution in [3.8, 4) is 0 Å². The third kappa shape index (κ3) is 4.27. The summed E-state index contributed by atoms with van der Waals surface area (Å²) in [7, 11) is 23.1. The van der Waals surface area contributed by atoms with Gasteiger partial charge in [-0.15, -0.1) is 0 Å². The van der Waals surface area contributed by atoms with E-state index in [0.29, 0.717) is 16.9 Å². The Kier molecular flexibility index (Phi) is 5.68. The highest BCUT2D eigenvalue weighted by molar-refractivity contribution is 7.94. The molecule has 0 spiro atoms. The van der Waals surface area contributed by atoms with Gasteiger partial charge in [-0.25, -0.2) is 8.78 Å². The molecule has 11 heteroatoms. The molecule has 0 bridgehead atoms. The lowest BCUT2D eigenvalue weighted by atomic mass is 9.33. The van der Waals surface area contributed by atoms with Gasteiger partial charge in [0.25, 0.3) is 5.69 Å². The fourth-order valence-electron chi connectivity index (χ4n) is 1.83. The van der Waals surface area contributed by atoms with E-state index in [1.807, 2.05) is 0 Å². The quantitative estimate of drug-likeness (QED) is 0.346. The number of non-ortho nitro benzene ring substituents is 1. The minimum Gasteiger partial charge on any atom is -0.324 e. The maximum absolute atomic E-state index is 13.9. The van der Waals surface area contributed by atoms with Crippen molar-refractivity contribution < 1.29 is 17.9 Å². The molecule has 118 valence electrons. The SMILES string of the molecule is [B]C([B])(OSc1ccc([N+](=O)[O-])cc1)C([B])([B])c1cc(F)ccc1F. The van der Waals surface area contributed by atoms with E-state index in [4.69, 9.17) is 35.6 Å². The highest BCUT2D eigenvalue weighted by Gasteiger charge is 2.39. The van der Waals surface area contributed by atoms with Gasteiger partial charge in [0.2, 0.25) is 0 Å². The van der Waals surface area contributed by atoms with Crippen LogP contribution in [-0.4, -0.2) is 41.7 Å². The van der Waals surface area contributed by atoms with E-state index in [2.05, 4.69) is 0 Å². The first-order chi connectivity index (χ1) is 11.5. The van der Waals surface area contributed by atoms with Gasteiger partial charge in [-0.05, 0) is 41.3 Å². The molecule has 0 atom stereocenters. The zero-order valence-corrected chi connectivity index (χ0v) is 13.5.